The Morgan fingerprint density at radius 1 is 1.32 bits per heavy atom. The van der Waals surface area contributed by atoms with E-state index in [1.165, 1.54) is 37.7 Å². The third-order valence-electron chi connectivity index (χ3n) is 3.89. The summed E-state index contributed by atoms with van der Waals surface area (Å²) in [6.07, 6.45) is 6.41. The molecule has 0 heterocycles. The van der Waals surface area contributed by atoms with Crippen LogP contribution in [0.3, 0.4) is 0 Å². The summed E-state index contributed by atoms with van der Waals surface area (Å²) in [5, 5.41) is 2.97. The molecular formula is C16H24N2O. The Hall–Kier alpha value is -1.35. The first kappa shape index (κ1) is 14.1. The largest absolute Gasteiger partial charge is 0.325 e. The lowest BCUT2D eigenvalue weighted by Crippen LogP contribution is -2.39. The van der Waals surface area contributed by atoms with E-state index < -0.39 is 0 Å². The second kappa shape index (κ2) is 6.71. The maximum atomic E-state index is 12.0. The number of nitrogens with one attached hydrogen (secondary N) is 1. The van der Waals surface area contributed by atoms with Crippen LogP contribution in [0, 0.1) is 6.92 Å². The van der Waals surface area contributed by atoms with Gasteiger partial charge in [-0.15, -0.1) is 0 Å². The van der Waals surface area contributed by atoms with Gasteiger partial charge in [-0.05, 0) is 44.5 Å². The molecule has 2 rings (SSSR count). The van der Waals surface area contributed by atoms with Gasteiger partial charge in [0, 0.05) is 11.7 Å². The molecule has 0 aromatic heterocycles. The molecule has 0 saturated heterocycles. The van der Waals surface area contributed by atoms with Crippen molar-refractivity contribution in [2.45, 2.75) is 45.1 Å². The van der Waals surface area contributed by atoms with Gasteiger partial charge in [-0.25, -0.2) is 0 Å². The van der Waals surface area contributed by atoms with Gasteiger partial charge in [0.25, 0.3) is 0 Å². The molecule has 1 amide bonds. The lowest BCUT2D eigenvalue weighted by Gasteiger charge is -2.30. The third kappa shape index (κ3) is 4.35. The van der Waals surface area contributed by atoms with E-state index in [4.69, 9.17) is 0 Å². The summed E-state index contributed by atoms with van der Waals surface area (Å²) >= 11 is 0. The number of hydrogen-bond donors (Lipinski definition) is 1. The van der Waals surface area contributed by atoms with E-state index in [0.29, 0.717) is 12.6 Å². The Morgan fingerprint density at radius 2 is 2.05 bits per heavy atom. The Kier molecular flexibility index (Phi) is 4.97. The number of benzene rings is 1. The number of carbonyl (C=O) groups excluding carboxylic acids is 1. The Morgan fingerprint density at radius 3 is 2.74 bits per heavy atom. The molecule has 0 radical (unpaired) electrons. The van der Waals surface area contributed by atoms with Crippen LogP contribution in [-0.4, -0.2) is 30.4 Å². The Bertz CT molecular complexity index is 425. The van der Waals surface area contributed by atoms with Gasteiger partial charge in [0.05, 0.1) is 6.54 Å². The molecule has 1 aliphatic carbocycles. The lowest BCUT2D eigenvalue weighted by atomic mass is 9.94. The van der Waals surface area contributed by atoms with Crippen LogP contribution in [0.2, 0.25) is 0 Å². The van der Waals surface area contributed by atoms with E-state index in [9.17, 15) is 4.79 Å². The quantitative estimate of drug-likeness (QED) is 0.901. The minimum absolute atomic E-state index is 0.0821. The molecule has 1 aliphatic rings. The van der Waals surface area contributed by atoms with Crippen molar-refractivity contribution in [3.05, 3.63) is 29.8 Å². The standard InChI is InChI=1S/C16H24N2O/c1-13-7-6-8-14(11-13)17-16(19)12-18(2)15-9-4-3-5-10-15/h6-8,11,15H,3-5,9-10,12H2,1-2H3,(H,17,19). The highest BCUT2D eigenvalue weighted by Crippen LogP contribution is 2.21. The van der Waals surface area contributed by atoms with Crippen molar-refractivity contribution in [3.63, 3.8) is 0 Å². The third-order valence-corrected chi connectivity index (χ3v) is 3.89. The fourth-order valence-corrected chi connectivity index (χ4v) is 2.80. The minimum Gasteiger partial charge on any atom is -0.325 e. The number of carbonyl (C=O) groups is 1. The number of hydrogen-bond acceptors (Lipinski definition) is 2. The smallest absolute Gasteiger partial charge is 0.238 e. The lowest BCUT2D eigenvalue weighted by molar-refractivity contribution is -0.117. The number of rotatable bonds is 4. The van der Waals surface area contributed by atoms with E-state index >= 15 is 0 Å². The van der Waals surface area contributed by atoms with E-state index in [1.807, 2.05) is 31.2 Å². The van der Waals surface area contributed by atoms with E-state index in [-0.39, 0.29) is 5.91 Å². The van der Waals surface area contributed by atoms with E-state index in [2.05, 4.69) is 17.3 Å². The number of anilines is 1. The monoisotopic (exact) mass is 260 g/mol. The number of amides is 1. The highest BCUT2D eigenvalue weighted by Gasteiger charge is 2.19. The molecule has 19 heavy (non-hydrogen) atoms. The molecule has 104 valence electrons. The molecular weight excluding hydrogens is 236 g/mol. The summed E-state index contributed by atoms with van der Waals surface area (Å²) in [5.74, 6) is 0.0821. The maximum Gasteiger partial charge on any atom is 0.238 e. The topological polar surface area (TPSA) is 32.3 Å². The zero-order chi connectivity index (χ0) is 13.7. The van der Waals surface area contributed by atoms with Crippen LogP contribution in [0.4, 0.5) is 5.69 Å². The van der Waals surface area contributed by atoms with Crippen LogP contribution in [0.5, 0.6) is 0 Å². The number of nitrogens with zero attached hydrogens (tertiary/aromatic N) is 1. The minimum atomic E-state index is 0.0821. The van der Waals surface area contributed by atoms with Gasteiger partial charge in [-0.3, -0.25) is 9.69 Å². The van der Waals surface area contributed by atoms with Crippen LogP contribution in [-0.2, 0) is 4.79 Å². The maximum absolute atomic E-state index is 12.0. The number of likely N-dealkylation sites (N-methyl/N-ethyl adjacent to an activating group) is 1. The zero-order valence-corrected chi connectivity index (χ0v) is 12.0. The van der Waals surface area contributed by atoms with Crippen LogP contribution in [0.1, 0.15) is 37.7 Å². The second-order valence-corrected chi connectivity index (χ2v) is 5.62. The Labute approximate surface area is 116 Å². The summed E-state index contributed by atoms with van der Waals surface area (Å²) in [6.45, 7) is 2.52. The molecule has 1 fully saturated rings. The van der Waals surface area contributed by atoms with Crippen molar-refractivity contribution < 1.29 is 4.79 Å². The summed E-state index contributed by atoms with van der Waals surface area (Å²) < 4.78 is 0. The van der Waals surface area contributed by atoms with Gasteiger partial charge in [-0.2, -0.15) is 0 Å². The first-order valence-electron chi connectivity index (χ1n) is 7.22. The van der Waals surface area contributed by atoms with Gasteiger partial charge in [0.15, 0.2) is 0 Å². The van der Waals surface area contributed by atoms with Crippen LogP contribution < -0.4 is 5.32 Å². The highest BCUT2D eigenvalue weighted by molar-refractivity contribution is 5.92. The molecule has 3 nitrogen and oxygen atoms in total. The average molecular weight is 260 g/mol. The fourth-order valence-electron chi connectivity index (χ4n) is 2.80. The molecule has 0 unspecified atom stereocenters. The molecule has 1 N–H and O–H groups in total. The second-order valence-electron chi connectivity index (χ2n) is 5.62. The summed E-state index contributed by atoms with van der Waals surface area (Å²) in [6, 6.07) is 8.51. The summed E-state index contributed by atoms with van der Waals surface area (Å²) in [5.41, 5.74) is 2.06. The van der Waals surface area contributed by atoms with Gasteiger partial charge in [-0.1, -0.05) is 31.4 Å². The van der Waals surface area contributed by atoms with E-state index in [1.54, 1.807) is 0 Å². The van der Waals surface area contributed by atoms with Gasteiger partial charge in [0.1, 0.15) is 0 Å². The molecule has 0 atom stereocenters. The number of aryl methyl sites for hydroxylation is 1. The first-order chi connectivity index (χ1) is 9.15. The molecule has 0 bridgehead atoms. The SMILES string of the molecule is Cc1cccc(NC(=O)CN(C)C2CCCCC2)c1. The normalized spacial score (nSPS) is 16.6. The predicted molar refractivity (Wildman–Crippen MR) is 79.3 cm³/mol. The fraction of sp³-hybridized carbons (Fsp3) is 0.562. The summed E-state index contributed by atoms with van der Waals surface area (Å²) in [7, 11) is 2.06. The van der Waals surface area contributed by atoms with Gasteiger partial charge in [0.2, 0.25) is 5.91 Å². The molecule has 3 heteroatoms. The molecule has 1 aromatic carbocycles. The van der Waals surface area contributed by atoms with Crippen molar-refractivity contribution >= 4 is 11.6 Å². The van der Waals surface area contributed by atoms with Crippen molar-refractivity contribution in [1.29, 1.82) is 0 Å². The highest BCUT2D eigenvalue weighted by atomic mass is 16.2. The van der Waals surface area contributed by atoms with E-state index in [0.717, 1.165) is 5.69 Å². The van der Waals surface area contributed by atoms with Crippen molar-refractivity contribution in [1.82, 2.24) is 4.90 Å². The average Bonchev–Trinajstić information content (AvgIpc) is 2.39. The van der Waals surface area contributed by atoms with Crippen LogP contribution in [0.15, 0.2) is 24.3 Å². The molecule has 0 spiro atoms. The first-order valence-corrected chi connectivity index (χ1v) is 7.22. The molecule has 1 saturated carbocycles. The van der Waals surface area contributed by atoms with Gasteiger partial charge < -0.3 is 5.32 Å². The van der Waals surface area contributed by atoms with Crippen LogP contribution in [0.25, 0.3) is 0 Å². The van der Waals surface area contributed by atoms with Gasteiger partial charge >= 0.3 is 0 Å². The van der Waals surface area contributed by atoms with Crippen molar-refractivity contribution in [2.75, 3.05) is 18.9 Å². The summed E-state index contributed by atoms with van der Waals surface area (Å²) in [4.78, 5) is 14.2. The Balaban J connectivity index is 1.83. The molecule has 0 aliphatic heterocycles. The van der Waals surface area contributed by atoms with Crippen molar-refractivity contribution in [3.8, 4) is 0 Å². The predicted octanol–water partition coefficient (Wildman–Crippen LogP) is 3.20. The van der Waals surface area contributed by atoms with Crippen LogP contribution >= 0.6 is 0 Å². The molecule has 1 aromatic rings. The zero-order valence-electron chi connectivity index (χ0n) is 12.0. The van der Waals surface area contributed by atoms with Crippen molar-refractivity contribution in [2.24, 2.45) is 0 Å².